The molecule has 3 aromatic rings. The third-order valence-corrected chi connectivity index (χ3v) is 5.29. The molecule has 0 spiro atoms. The molecular formula is C27H31N5O7. The zero-order valence-electron chi connectivity index (χ0n) is 22.2. The molecule has 3 amide bonds. The number of anilines is 2. The normalized spacial score (nSPS) is 10.4. The van der Waals surface area contributed by atoms with Gasteiger partial charge in [0.1, 0.15) is 17.3 Å². The molecule has 1 aromatic heterocycles. The first-order valence-electron chi connectivity index (χ1n) is 12.4. The molecule has 0 aliphatic rings. The van der Waals surface area contributed by atoms with Gasteiger partial charge in [-0.25, -0.2) is 9.78 Å². The summed E-state index contributed by atoms with van der Waals surface area (Å²) in [6, 6.07) is 12.2. The van der Waals surface area contributed by atoms with Crippen molar-refractivity contribution in [2.24, 2.45) is 0 Å². The van der Waals surface area contributed by atoms with Gasteiger partial charge < -0.3 is 30.2 Å². The SMILES string of the molecule is CCOc1cc([N+](=O)[O-])c(OCC)cc1CNC(=O)Nc1ccc(OCC)c(C(=O)Nc2cccc(C)n2)c1. The molecule has 0 aliphatic heterocycles. The van der Waals surface area contributed by atoms with Gasteiger partial charge in [-0.15, -0.1) is 0 Å². The van der Waals surface area contributed by atoms with Gasteiger partial charge in [-0.1, -0.05) is 6.07 Å². The Balaban J connectivity index is 1.76. The van der Waals surface area contributed by atoms with Gasteiger partial charge in [0.15, 0.2) is 5.75 Å². The van der Waals surface area contributed by atoms with Crippen molar-refractivity contribution < 1.29 is 28.7 Å². The van der Waals surface area contributed by atoms with Gasteiger partial charge in [-0.05, 0) is 64.1 Å². The summed E-state index contributed by atoms with van der Waals surface area (Å²) in [6.45, 7) is 7.94. The minimum absolute atomic E-state index is 0.00261. The van der Waals surface area contributed by atoms with E-state index in [0.717, 1.165) is 5.69 Å². The van der Waals surface area contributed by atoms with Crippen molar-refractivity contribution in [1.29, 1.82) is 0 Å². The number of hydrogen-bond acceptors (Lipinski definition) is 8. The number of hydrogen-bond donors (Lipinski definition) is 3. The highest BCUT2D eigenvalue weighted by molar-refractivity contribution is 6.06. The number of benzene rings is 2. The Labute approximate surface area is 225 Å². The van der Waals surface area contributed by atoms with Gasteiger partial charge in [-0.2, -0.15) is 0 Å². The number of pyridine rings is 1. The van der Waals surface area contributed by atoms with E-state index in [9.17, 15) is 19.7 Å². The van der Waals surface area contributed by atoms with Gasteiger partial charge >= 0.3 is 11.7 Å². The second-order valence-electron chi connectivity index (χ2n) is 8.12. The van der Waals surface area contributed by atoms with Crippen LogP contribution in [0.4, 0.5) is 22.0 Å². The van der Waals surface area contributed by atoms with E-state index in [1.54, 1.807) is 45.0 Å². The highest BCUT2D eigenvalue weighted by Crippen LogP contribution is 2.35. The Hall–Kier alpha value is -4.87. The van der Waals surface area contributed by atoms with Crippen molar-refractivity contribution in [1.82, 2.24) is 10.3 Å². The number of carbonyl (C=O) groups excluding carboxylic acids is 2. The van der Waals surface area contributed by atoms with Crippen LogP contribution in [0.15, 0.2) is 48.5 Å². The smallest absolute Gasteiger partial charge is 0.319 e. The monoisotopic (exact) mass is 537 g/mol. The van der Waals surface area contributed by atoms with Crippen molar-refractivity contribution in [3.63, 3.8) is 0 Å². The molecule has 0 fully saturated rings. The van der Waals surface area contributed by atoms with E-state index in [-0.39, 0.29) is 42.5 Å². The van der Waals surface area contributed by atoms with Crippen LogP contribution < -0.4 is 30.2 Å². The Morgan fingerprint density at radius 3 is 2.26 bits per heavy atom. The topological polar surface area (TPSA) is 154 Å². The molecule has 0 radical (unpaired) electrons. The maximum Gasteiger partial charge on any atom is 0.319 e. The summed E-state index contributed by atoms with van der Waals surface area (Å²) in [7, 11) is 0. The number of nitro benzene ring substituents is 1. The summed E-state index contributed by atoms with van der Waals surface area (Å²) >= 11 is 0. The Bertz CT molecular complexity index is 1350. The third-order valence-electron chi connectivity index (χ3n) is 5.29. The van der Waals surface area contributed by atoms with Gasteiger partial charge in [0.05, 0.1) is 36.4 Å². The molecule has 12 nitrogen and oxygen atoms in total. The molecule has 3 N–H and O–H groups in total. The first kappa shape index (κ1) is 28.7. The summed E-state index contributed by atoms with van der Waals surface area (Å²) in [4.78, 5) is 40.9. The maximum absolute atomic E-state index is 13.0. The predicted octanol–water partition coefficient (Wildman–Crippen LogP) is 5.07. The van der Waals surface area contributed by atoms with E-state index < -0.39 is 16.9 Å². The number of nitrogens with zero attached hydrogens (tertiary/aromatic N) is 2. The number of amides is 3. The van der Waals surface area contributed by atoms with Crippen LogP contribution >= 0.6 is 0 Å². The zero-order chi connectivity index (χ0) is 28.4. The van der Waals surface area contributed by atoms with Crippen LogP contribution in [0.2, 0.25) is 0 Å². The Morgan fingerprint density at radius 1 is 0.897 bits per heavy atom. The molecule has 2 aromatic carbocycles. The van der Waals surface area contributed by atoms with Gasteiger partial charge in [-0.3, -0.25) is 14.9 Å². The maximum atomic E-state index is 13.0. The summed E-state index contributed by atoms with van der Waals surface area (Å²) in [5, 5.41) is 19.6. The first-order chi connectivity index (χ1) is 18.7. The number of aromatic nitrogens is 1. The lowest BCUT2D eigenvalue weighted by molar-refractivity contribution is -0.385. The fourth-order valence-electron chi connectivity index (χ4n) is 3.65. The molecule has 0 saturated heterocycles. The number of ether oxygens (including phenoxy) is 3. The zero-order valence-corrected chi connectivity index (χ0v) is 22.2. The summed E-state index contributed by atoms with van der Waals surface area (Å²) in [6.07, 6.45) is 0. The standard InChI is InChI=1S/C27H31N5O7/c1-5-37-22-12-11-19(14-20(22)26(33)31-25-10-8-9-17(4)29-25)30-27(34)28-16-18-13-24(39-7-3)21(32(35)36)15-23(18)38-6-2/h8-15H,5-7,16H2,1-4H3,(H2,28,30,34)(H,29,31,33). The Morgan fingerprint density at radius 2 is 1.59 bits per heavy atom. The van der Waals surface area contributed by atoms with Crippen molar-refractivity contribution in [2.75, 3.05) is 30.5 Å². The summed E-state index contributed by atoms with van der Waals surface area (Å²) in [5.74, 6) is 0.630. The average Bonchev–Trinajstić information content (AvgIpc) is 2.89. The van der Waals surface area contributed by atoms with Gasteiger partial charge in [0.2, 0.25) is 0 Å². The van der Waals surface area contributed by atoms with E-state index in [1.165, 1.54) is 18.2 Å². The molecule has 206 valence electrons. The van der Waals surface area contributed by atoms with Crippen LogP contribution in [0.1, 0.15) is 42.4 Å². The van der Waals surface area contributed by atoms with Crippen LogP contribution in [-0.2, 0) is 6.54 Å². The quantitative estimate of drug-likeness (QED) is 0.214. The van der Waals surface area contributed by atoms with Crippen LogP contribution in [0.3, 0.4) is 0 Å². The van der Waals surface area contributed by atoms with Crippen LogP contribution in [0, 0.1) is 17.0 Å². The highest BCUT2D eigenvalue weighted by Gasteiger charge is 2.21. The van der Waals surface area contributed by atoms with E-state index in [2.05, 4.69) is 20.9 Å². The summed E-state index contributed by atoms with van der Waals surface area (Å²) in [5.41, 5.74) is 1.59. The number of rotatable bonds is 12. The van der Waals surface area contributed by atoms with Gasteiger partial charge in [0.25, 0.3) is 5.91 Å². The van der Waals surface area contributed by atoms with Crippen molar-refractivity contribution >= 4 is 29.1 Å². The first-order valence-corrected chi connectivity index (χ1v) is 12.4. The Kier molecular flexibility index (Phi) is 10.0. The largest absolute Gasteiger partial charge is 0.493 e. The highest BCUT2D eigenvalue weighted by atomic mass is 16.6. The van der Waals surface area contributed by atoms with Crippen LogP contribution in [-0.4, -0.2) is 41.7 Å². The fourth-order valence-corrected chi connectivity index (χ4v) is 3.65. The molecule has 12 heteroatoms. The summed E-state index contributed by atoms with van der Waals surface area (Å²) < 4.78 is 16.6. The molecule has 0 aliphatic carbocycles. The molecule has 1 heterocycles. The average molecular weight is 538 g/mol. The van der Waals surface area contributed by atoms with Crippen molar-refractivity contribution in [2.45, 2.75) is 34.2 Å². The fraction of sp³-hybridized carbons (Fsp3) is 0.296. The second kappa shape index (κ2) is 13.6. The number of nitrogens with one attached hydrogen (secondary N) is 3. The van der Waals surface area contributed by atoms with Crippen molar-refractivity contribution in [3.8, 4) is 17.2 Å². The molecule has 0 atom stereocenters. The number of nitro groups is 1. The number of carbonyl (C=O) groups is 2. The van der Waals surface area contributed by atoms with Gasteiger partial charge in [0, 0.05) is 23.5 Å². The minimum Gasteiger partial charge on any atom is -0.493 e. The molecule has 3 rings (SSSR count). The molecule has 0 saturated carbocycles. The molecule has 0 unspecified atom stereocenters. The minimum atomic E-state index is -0.565. The third kappa shape index (κ3) is 7.81. The molecule has 39 heavy (non-hydrogen) atoms. The second-order valence-corrected chi connectivity index (χ2v) is 8.12. The van der Waals surface area contributed by atoms with Crippen LogP contribution in [0.5, 0.6) is 17.2 Å². The van der Waals surface area contributed by atoms with E-state index in [4.69, 9.17) is 14.2 Å². The number of urea groups is 1. The van der Waals surface area contributed by atoms with E-state index in [0.29, 0.717) is 29.4 Å². The lowest BCUT2D eigenvalue weighted by Gasteiger charge is -2.15. The van der Waals surface area contributed by atoms with E-state index >= 15 is 0 Å². The van der Waals surface area contributed by atoms with E-state index in [1.807, 2.05) is 13.0 Å². The lowest BCUT2D eigenvalue weighted by atomic mass is 10.1. The van der Waals surface area contributed by atoms with Crippen molar-refractivity contribution in [3.05, 3.63) is 75.5 Å². The van der Waals surface area contributed by atoms with Crippen LogP contribution in [0.25, 0.3) is 0 Å². The molecule has 0 bridgehead atoms. The predicted molar refractivity (Wildman–Crippen MR) is 146 cm³/mol. The molecular weight excluding hydrogens is 506 g/mol. The lowest BCUT2D eigenvalue weighted by Crippen LogP contribution is -2.28. The number of aryl methyl sites for hydroxylation is 1.